The maximum atomic E-state index is 12.5. The minimum Gasteiger partial charge on any atom is -0.339 e. The topological polar surface area (TPSA) is 83.7 Å². The number of benzene rings is 1. The summed E-state index contributed by atoms with van der Waals surface area (Å²) in [5.74, 6) is -0.154. The van der Waals surface area contributed by atoms with E-state index >= 15 is 0 Å². The summed E-state index contributed by atoms with van der Waals surface area (Å²) in [7, 11) is -3.54. The van der Waals surface area contributed by atoms with Gasteiger partial charge < -0.3 is 10.6 Å². The molecule has 8 heteroatoms. The summed E-state index contributed by atoms with van der Waals surface area (Å²) in [4.78, 5) is 13.6. The highest BCUT2D eigenvalue weighted by Crippen LogP contribution is 2.19. The molecule has 0 bridgehead atoms. The van der Waals surface area contributed by atoms with Crippen LogP contribution in [0.1, 0.15) is 6.92 Å². The average Bonchev–Trinajstić information content (AvgIpc) is 2.47. The monoisotopic (exact) mass is 331 g/mol. The molecule has 1 atom stereocenters. The number of sulfonamides is 1. The maximum Gasteiger partial charge on any atom is 0.243 e. The van der Waals surface area contributed by atoms with E-state index < -0.39 is 16.1 Å². The van der Waals surface area contributed by atoms with Gasteiger partial charge in [-0.2, -0.15) is 4.31 Å². The smallest absolute Gasteiger partial charge is 0.243 e. The number of nitrogens with zero attached hydrogens (tertiary/aromatic N) is 2. The van der Waals surface area contributed by atoms with Crippen molar-refractivity contribution in [2.75, 3.05) is 26.2 Å². The second-order valence-corrected chi connectivity index (χ2v) is 7.35. The highest BCUT2D eigenvalue weighted by atomic mass is 35.5. The van der Waals surface area contributed by atoms with Crippen molar-refractivity contribution in [2.24, 2.45) is 5.73 Å². The van der Waals surface area contributed by atoms with Gasteiger partial charge in [0, 0.05) is 31.2 Å². The van der Waals surface area contributed by atoms with Gasteiger partial charge >= 0.3 is 0 Å². The summed E-state index contributed by atoms with van der Waals surface area (Å²) >= 11 is 5.77. The number of hydrogen-bond donors (Lipinski definition) is 1. The molecule has 21 heavy (non-hydrogen) atoms. The lowest BCUT2D eigenvalue weighted by Gasteiger charge is -2.34. The lowest BCUT2D eigenvalue weighted by molar-refractivity contribution is -0.133. The zero-order valence-electron chi connectivity index (χ0n) is 11.7. The number of carbonyl (C=O) groups is 1. The molecule has 0 spiro atoms. The molecular formula is C13H18ClN3O3S. The molecule has 1 aliphatic rings. The fourth-order valence-corrected chi connectivity index (χ4v) is 3.74. The van der Waals surface area contributed by atoms with E-state index in [4.69, 9.17) is 17.3 Å². The van der Waals surface area contributed by atoms with Gasteiger partial charge in [-0.15, -0.1) is 0 Å². The van der Waals surface area contributed by atoms with Crippen LogP contribution in [0.5, 0.6) is 0 Å². The Bertz CT molecular complexity index is 608. The normalized spacial score (nSPS) is 18.5. The van der Waals surface area contributed by atoms with Crippen LogP contribution in [0.25, 0.3) is 0 Å². The largest absolute Gasteiger partial charge is 0.339 e. The maximum absolute atomic E-state index is 12.5. The number of piperazine rings is 1. The van der Waals surface area contributed by atoms with E-state index in [1.165, 1.54) is 16.4 Å². The molecule has 0 saturated carbocycles. The molecule has 6 nitrogen and oxygen atoms in total. The first-order chi connectivity index (χ1) is 9.82. The van der Waals surface area contributed by atoms with E-state index in [0.29, 0.717) is 18.1 Å². The zero-order chi connectivity index (χ0) is 15.6. The van der Waals surface area contributed by atoms with Crippen LogP contribution in [-0.4, -0.2) is 55.8 Å². The number of rotatable bonds is 3. The Morgan fingerprint density at radius 1 is 1.19 bits per heavy atom. The van der Waals surface area contributed by atoms with Gasteiger partial charge in [-0.3, -0.25) is 4.79 Å². The lowest BCUT2D eigenvalue weighted by Crippen LogP contribution is -2.53. The molecule has 116 valence electrons. The minimum absolute atomic E-state index is 0.154. The summed E-state index contributed by atoms with van der Waals surface area (Å²) in [6, 6.07) is 5.49. The summed E-state index contributed by atoms with van der Waals surface area (Å²) in [5.41, 5.74) is 5.56. The molecule has 1 amide bonds. The first kappa shape index (κ1) is 16.2. The molecule has 1 fully saturated rings. The van der Waals surface area contributed by atoms with E-state index in [1.807, 2.05) is 0 Å². The number of amides is 1. The molecule has 1 saturated heterocycles. The van der Waals surface area contributed by atoms with E-state index in [0.717, 1.165) is 0 Å². The number of nitrogens with two attached hydrogens (primary N) is 1. The van der Waals surface area contributed by atoms with Gasteiger partial charge in [0.1, 0.15) is 0 Å². The standard InChI is InChI=1S/C13H18ClN3O3S/c1-10(15)13(18)16-6-8-17(9-7-16)21(19,20)12-4-2-11(14)3-5-12/h2-5,10H,6-9,15H2,1H3/t10-/m1/s1. The van der Waals surface area contributed by atoms with Crippen molar-refractivity contribution >= 4 is 27.5 Å². The Labute approximate surface area is 129 Å². The molecule has 0 aromatic heterocycles. The van der Waals surface area contributed by atoms with Gasteiger partial charge in [-0.1, -0.05) is 11.6 Å². The van der Waals surface area contributed by atoms with Gasteiger partial charge in [-0.25, -0.2) is 8.42 Å². The summed E-state index contributed by atoms with van der Waals surface area (Å²) in [6.45, 7) is 2.87. The highest BCUT2D eigenvalue weighted by molar-refractivity contribution is 7.89. The molecule has 1 heterocycles. The molecular weight excluding hydrogens is 314 g/mol. The Morgan fingerprint density at radius 3 is 2.19 bits per heavy atom. The Kier molecular flexibility index (Phi) is 4.88. The van der Waals surface area contributed by atoms with Crippen LogP contribution in [0, 0.1) is 0 Å². The summed E-state index contributed by atoms with van der Waals surface area (Å²) in [6.07, 6.45) is 0. The molecule has 2 rings (SSSR count). The molecule has 1 aromatic rings. The van der Waals surface area contributed by atoms with Crippen LogP contribution < -0.4 is 5.73 Å². The second kappa shape index (κ2) is 6.31. The van der Waals surface area contributed by atoms with Crippen molar-refractivity contribution in [1.29, 1.82) is 0 Å². The van der Waals surface area contributed by atoms with Crippen LogP contribution in [0.4, 0.5) is 0 Å². The van der Waals surface area contributed by atoms with Crippen LogP contribution >= 0.6 is 11.6 Å². The van der Waals surface area contributed by atoms with Gasteiger partial charge in [0.05, 0.1) is 10.9 Å². The Morgan fingerprint density at radius 2 is 1.71 bits per heavy atom. The van der Waals surface area contributed by atoms with Crippen LogP contribution in [0.2, 0.25) is 5.02 Å². The van der Waals surface area contributed by atoms with Crippen molar-refractivity contribution in [1.82, 2.24) is 9.21 Å². The van der Waals surface area contributed by atoms with E-state index in [1.54, 1.807) is 24.0 Å². The third kappa shape index (κ3) is 3.55. The van der Waals surface area contributed by atoms with Crippen molar-refractivity contribution in [2.45, 2.75) is 17.9 Å². The van der Waals surface area contributed by atoms with Crippen LogP contribution in [0.3, 0.4) is 0 Å². The average molecular weight is 332 g/mol. The molecule has 0 unspecified atom stereocenters. The van der Waals surface area contributed by atoms with E-state index in [-0.39, 0.29) is 23.9 Å². The zero-order valence-corrected chi connectivity index (χ0v) is 13.3. The van der Waals surface area contributed by atoms with Gasteiger partial charge in [0.2, 0.25) is 15.9 Å². The molecule has 0 radical (unpaired) electrons. The van der Waals surface area contributed by atoms with Gasteiger partial charge in [-0.05, 0) is 31.2 Å². The van der Waals surface area contributed by atoms with E-state index in [9.17, 15) is 13.2 Å². The number of carbonyl (C=O) groups excluding carboxylic acids is 1. The highest BCUT2D eigenvalue weighted by Gasteiger charge is 2.30. The van der Waals surface area contributed by atoms with Crippen molar-refractivity contribution < 1.29 is 13.2 Å². The third-order valence-corrected chi connectivity index (χ3v) is 5.56. The fourth-order valence-electron chi connectivity index (χ4n) is 2.19. The first-order valence-corrected chi connectivity index (χ1v) is 8.44. The first-order valence-electron chi connectivity index (χ1n) is 6.62. The molecule has 1 aromatic carbocycles. The fraction of sp³-hybridized carbons (Fsp3) is 0.462. The number of halogens is 1. The van der Waals surface area contributed by atoms with Crippen molar-refractivity contribution in [3.63, 3.8) is 0 Å². The molecule has 1 aliphatic heterocycles. The molecule has 0 aliphatic carbocycles. The second-order valence-electron chi connectivity index (χ2n) is 4.97. The quantitative estimate of drug-likeness (QED) is 0.875. The van der Waals surface area contributed by atoms with Gasteiger partial charge in [0.15, 0.2) is 0 Å². The lowest BCUT2D eigenvalue weighted by atomic mass is 10.2. The van der Waals surface area contributed by atoms with Crippen LogP contribution in [-0.2, 0) is 14.8 Å². The van der Waals surface area contributed by atoms with Crippen LogP contribution in [0.15, 0.2) is 29.2 Å². The summed E-state index contributed by atoms with van der Waals surface area (Å²) < 4.78 is 26.3. The third-order valence-electron chi connectivity index (χ3n) is 3.39. The predicted molar refractivity (Wildman–Crippen MR) is 80.4 cm³/mol. The minimum atomic E-state index is -3.54. The summed E-state index contributed by atoms with van der Waals surface area (Å²) in [5, 5.41) is 0.487. The van der Waals surface area contributed by atoms with E-state index in [2.05, 4.69) is 0 Å². The Balaban J connectivity index is 2.07. The van der Waals surface area contributed by atoms with Crippen molar-refractivity contribution in [3.8, 4) is 0 Å². The SMILES string of the molecule is C[C@@H](N)C(=O)N1CCN(S(=O)(=O)c2ccc(Cl)cc2)CC1. The predicted octanol–water partition coefficient (Wildman–Crippen LogP) is 0.520. The Hall–Kier alpha value is -1.15. The number of hydrogen-bond acceptors (Lipinski definition) is 4. The van der Waals surface area contributed by atoms with Gasteiger partial charge in [0.25, 0.3) is 0 Å². The molecule has 2 N–H and O–H groups in total. The van der Waals surface area contributed by atoms with Crippen molar-refractivity contribution in [3.05, 3.63) is 29.3 Å².